The molecule has 2 aromatic carbocycles. The predicted octanol–water partition coefficient (Wildman–Crippen LogP) is 4.48. The van der Waals surface area contributed by atoms with Crippen LogP contribution in [0.1, 0.15) is 40.2 Å². The first kappa shape index (κ1) is 15.5. The summed E-state index contributed by atoms with van der Waals surface area (Å²) in [6, 6.07) is 7.08. The lowest BCUT2D eigenvalue weighted by Gasteiger charge is -2.18. The van der Waals surface area contributed by atoms with Crippen molar-refractivity contribution in [1.82, 2.24) is 0 Å². The fraction of sp³-hybridized carbons (Fsp3) is 0.444. The van der Waals surface area contributed by atoms with Gasteiger partial charge in [0.1, 0.15) is 4.90 Å². The molecule has 0 spiro atoms. The SMILES string of the molecule is [2H]c1c(CC(C)C)c(CC(C)C)c2ccccc2c1S(=O)(=O)O. The Bertz CT molecular complexity index is 824. The van der Waals surface area contributed by atoms with Crippen molar-refractivity contribution in [3.8, 4) is 0 Å². The van der Waals surface area contributed by atoms with E-state index in [0.29, 0.717) is 23.6 Å². The topological polar surface area (TPSA) is 54.4 Å². The van der Waals surface area contributed by atoms with Gasteiger partial charge in [-0.25, -0.2) is 0 Å². The molecule has 0 radical (unpaired) electrons. The van der Waals surface area contributed by atoms with Crippen LogP contribution >= 0.6 is 0 Å². The molecule has 0 fully saturated rings. The molecular weight excluding hydrogens is 296 g/mol. The molecule has 2 rings (SSSR count). The van der Waals surface area contributed by atoms with E-state index >= 15 is 0 Å². The number of rotatable bonds is 5. The first-order valence-electron chi connectivity index (χ1n) is 8.13. The van der Waals surface area contributed by atoms with Crippen molar-refractivity contribution in [3.05, 3.63) is 41.4 Å². The number of fused-ring (bicyclic) bond motifs is 1. The van der Waals surface area contributed by atoms with Crippen molar-refractivity contribution in [1.29, 1.82) is 0 Å². The van der Waals surface area contributed by atoms with E-state index < -0.39 is 10.1 Å². The second-order valence-electron chi connectivity index (χ2n) is 6.63. The summed E-state index contributed by atoms with van der Waals surface area (Å²) in [5.41, 5.74) is 1.77. The molecule has 3 nitrogen and oxygen atoms in total. The van der Waals surface area contributed by atoms with Crippen LogP contribution in [0.5, 0.6) is 0 Å². The van der Waals surface area contributed by atoms with Crippen LogP contribution in [0, 0.1) is 11.8 Å². The summed E-state index contributed by atoms with van der Waals surface area (Å²) in [5, 5.41) is 1.25. The highest BCUT2D eigenvalue weighted by molar-refractivity contribution is 7.86. The van der Waals surface area contributed by atoms with E-state index in [1.165, 1.54) is 0 Å². The molecule has 0 bridgehead atoms. The lowest BCUT2D eigenvalue weighted by atomic mass is 9.89. The number of hydrogen-bond donors (Lipinski definition) is 1. The summed E-state index contributed by atoms with van der Waals surface area (Å²) in [6.07, 6.45) is 1.40. The molecule has 0 aliphatic heterocycles. The van der Waals surface area contributed by atoms with Crippen molar-refractivity contribution in [2.75, 3.05) is 0 Å². The molecule has 0 saturated carbocycles. The van der Waals surface area contributed by atoms with Crippen LogP contribution < -0.4 is 0 Å². The molecule has 0 aliphatic rings. The quantitative estimate of drug-likeness (QED) is 0.826. The molecule has 0 aromatic heterocycles. The van der Waals surface area contributed by atoms with Gasteiger partial charge >= 0.3 is 0 Å². The van der Waals surface area contributed by atoms with Gasteiger partial charge in [0.25, 0.3) is 10.1 Å². The van der Waals surface area contributed by atoms with Gasteiger partial charge in [0.15, 0.2) is 0 Å². The van der Waals surface area contributed by atoms with Crippen molar-refractivity contribution >= 4 is 20.9 Å². The number of hydrogen-bond acceptors (Lipinski definition) is 2. The second-order valence-corrected chi connectivity index (χ2v) is 7.99. The molecule has 0 heterocycles. The molecule has 4 heteroatoms. The Kier molecular flexibility index (Phi) is 4.50. The number of benzene rings is 2. The van der Waals surface area contributed by atoms with E-state index in [2.05, 4.69) is 13.8 Å². The maximum atomic E-state index is 11.9. The van der Waals surface area contributed by atoms with E-state index in [4.69, 9.17) is 1.37 Å². The predicted molar refractivity (Wildman–Crippen MR) is 90.8 cm³/mol. The lowest BCUT2D eigenvalue weighted by Crippen LogP contribution is -2.08. The minimum atomic E-state index is -4.45. The third-order valence-electron chi connectivity index (χ3n) is 3.61. The van der Waals surface area contributed by atoms with Crippen molar-refractivity contribution in [2.45, 2.75) is 45.4 Å². The first-order valence-corrected chi connectivity index (χ1v) is 9.07. The molecule has 0 unspecified atom stereocenters. The molecule has 0 aliphatic carbocycles. The average Bonchev–Trinajstić information content (AvgIpc) is 2.40. The van der Waals surface area contributed by atoms with Crippen LogP contribution in [0.3, 0.4) is 0 Å². The largest absolute Gasteiger partial charge is 0.295 e. The summed E-state index contributed by atoms with van der Waals surface area (Å²) in [7, 11) is -4.45. The van der Waals surface area contributed by atoms with Crippen LogP contribution in [0.15, 0.2) is 35.2 Å². The Morgan fingerprint density at radius 2 is 1.59 bits per heavy atom. The fourth-order valence-electron chi connectivity index (χ4n) is 2.81. The Morgan fingerprint density at radius 3 is 2.09 bits per heavy atom. The van der Waals surface area contributed by atoms with Gasteiger partial charge in [-0.05, 0) is 47.2 Å². The summed E-state index contributed by atoms with van der Waals surface area (Å²) < 4.78 is 41.8. The van der Waals surface area contributed by atoms with Crippen molar-refractivity contribution < 1.29 is 14.3 Å². The van der Waals surface area contributed by atoms with E-state index in [-0.39, 0.29) is 10.9 Å². The molecule has 0 amide bonds. The molecule has 0 saturated heterocycles. The summed E-state index contributed by atoms with van der Waals surface area (Å²) >= 11 is 0. The Labute approximate surface area is 134 Å². The van der Waals surface area contributed by atoms with Gasteiger partial charge in [-0.15, -0.1) is 0 Å². The average molecular weight is 321 g/mol. The van der Waals surface area contributed by atoms with E-state index in [1.807, 2.05) is 26.0 Å². The van der Waals surface area contributed by atoms with Gasteiger partial charge < -0.3 is 0 Å². The van der Waals surface area contributed by atoms with Crippen LogP contribution in [-0.2, 0) is 23.0 Å². The fourth-order valence-corrected chi connectivity index (χ4v) is 3.52. The zero-order chi connectivity index (χ0) is 17.4. The Morgan fingerprint density at radius 1 is 1.05 bits per heavy atom. The standard InChI is InChI=1S/C18H24O3S/c1-12(2)9-14-11-18(22(19,20)21)16-8-6-5-7-15(16)17(14)10-13(3)4/h5-8,11-13H,9-10H2,1-4H3,(H,19,20,21)/i11D. The van der Waals surface area contributed by atoms with E-state index in [0.717, 1.165) is 22.9 Å². The van der Waals surface area contributed by atoms with Gasteiger partial charge in [0, 0.05) is 5.39 Å². The van der Waals surface area contributed by atoms with Gasteiger partial charge in [-0.1, -0.05) is 52.0 Å². The third kappa shape index (κ3) is 3.68. The second kappa shape index (κ2) is 6.39. The van der Waals surface area contributed by atoms with Crippen molar-refractivity contribution in [2.24, 2.45) is 11.8 Å². The summed E-state index contributed by atoms with van der Waals surface area (Å²) in [5.74, 6) is 0.681. The zero-order valence-electron chi connectivity index (χ0n) is 14.6. The van der Waals surface area contributed by atoms with Crippen LogP contribution in [0.4, 0.5) is 0 Å². The molecule has 22 heavy (non-hydrogen) atoms. The lowest BCUT2D eigenvalue weighted by molar-refractivity contribution is 0.484. The monoisotopic (exact) mass is 321 g/mol. The highest BCUT2D eigenvalue weighted by atomic mass is 32.2. The van der Waals surface area contributed by atoms with Gasteiger partial charge in [0.05, 0.1) is 1.37 Å². The van der Waals surface area contributed by atoms with Crippen LogP contribution in [0.25, 0.3) is 10.8 Å². The maximum Gasteiger partial charge on any atom is 0.295 e. The highest BCUT2D eigenvalue weighted by Crippen LogP contribution is 2.32. The summed E-state index contributed by atoms with van der Waals surface area (Å²) in [6.45, 7) is 8.30. The highest BCUT2D eigenvalue weighted by Gasteiger charge is 2.20. The summed E-state index contributed by atoms with van der Waals surface area (Å²) in [4.78, 5) is -0.267. The van der Waals surface area contributed by atoms with E-state index in [9.17, 15) is 13.0 Å². The smallest absolute Gasteiger partial charge is 0.282 e. The molecular formula is C18H24O3S. The maximum absolute atomic E-state index is 11.9. The molecule has 120 valence electrons. The van der Waals surface area contributed by atoms with Crippen LogP contribution in [0.2, 0.25) is 0 Å². The molecule has 1 N–H and O–H groups in total. The van der Waals surface area contributed by atoms with E-state index in [1.54, 1.807) is 12.1 Å². The van der Waals surface area contributed by atoms with Gasteiger partial charge in [-0.3, -0.25) is 4.55 Å². The minimum absolute atomic E-state index is 0.0597. The van der Waals surface area contributed by atoms with Gasteiger partial charge in [-0.2, -0.15) is 8.42 Å². The third-order valence-corrected chi connectivity index (χ3v) is 4.45. The Hall–Kier alpha value is -1.39. The molecule has 0 atom stereocenters. The van der Waals surface area contributed by atoms with Crippen LogP contribution in [-0.4, -0.2) is 13.0 Å². The zero-order valence-corrected chi connectivity index (χ0v) is 14.4. The van der Waals surface area contributed by atoms with Crippen molar-refractivity contribution in [3.63, 3.8) is 0 Å². The minimum Gasteiger partial charge on any atom is -0.282 e. The Balaban J connectivity index is 2.96. The van der Waals surface area contributed by atoms with Gasteiger partial charge in [0.2, 0.25) is 0 Å². The normalized spacial score (nSPS) is 13.1. The molecule has 2 aromatic rings. The first-order chi connectivity index (χ1) is 10.6.